The SMILES string of the molecule is Cc1ccn2c(=O)c(NC(=O)NC3CCCCC3)c(C)nc2c1. The number of anilines is 1. The highest BCUT2D eigenvalue weighted by molar-refractivity contribution is 5.89. The zero-order valence-corrected chi connectivity index (χ0v) is 13.6. The van der Waals surface area contributed by atoms with Gasteiger partial charge in [0.15, 0.2) is 0 Å². The van der Waals surface area contributed by atoms with E-state index < -0.39 is 0 Å². The van der Waals surface area contributed by atoms with E-state index in [0.29, 0.717) is 11.3 Å². The summed E-state index contributed by atoms with van der Waals surface area (Å²) in [7, 11) is 0. The second kappa shape index (κ2) is 6.40. The molecule has 2 aromatic heterocycles. The number of carbonyl (C=O) groups is 1. The molecule has 0 unspecified atom stereocenters. The van der Waals surface area contributed by atoms with Crippen LogP contribution in [0.15, 0.2) is 23.1 Å². The third-order valence-corrected chi connectivity index (χ3v) is 4.35. The van der Waals surface area contributed by atoms with Crippen molar-refractivity contribution in [1.29, 1.82) is 0 Å². The zero-order valence-electron chi connectivity index (χ0n) is 13.6. The number of aromatic nitrogens is 2. The van der Waals surface area contributed by atoms with Crippen molar-refractivity contribution in [3.63, 3.8) is 0 Å². The van der Waals surface area contributed by atoms with Gasteiger partial charge < -0.3 is 10.6 Å². The van der Waals surface area contributed by atoms with Crippen LogP contribution in [0.5, 0.6) is 0 Å². The Balaban J connectivity index is 1.83. The predicted octanol–water partition coefficient (Wildman–Crippen LogP) is 2.77. The van der Waals surface area contributed by atoms with Gasteiger partial charge in [0.25, 0.3) is 5.56 Å². The average Bonchev–Trinajstić information content (AvgIpc) is 2.52. The Morgan fingerprint density at radius 1 is 1.26 bits per heavy atom. The number of hydrogen-bond donors (Lipinski definition) is 2. The normalized spacial score (nSPS) is 15.6. The van der Waals surface area contributed by atoms with Crippen LogP contribution in [0.25, 0.3) is 5.65 Å². The molecule has 0 saturated heterocycles. The predicted molar refractivity (Wildman–Crippen MR) is 90.0 cm³/mol. The Hall–Kier alpha value is -2.37. The lowest BCUT2D eigenvalue weighted by atomic mass is 9.96. The average molecular weight is 314 g/mol. The topological polar surface area (TPSA) is 75.5 Å². The number of carbonyl (C=O) groups excluding carboxylic acids is 1. The van der Waals surface area contributed by atoms with Crippen LogP contribution in [0.1, 0.15) is 43.4 Å². The number of aryl methyl sites for hydroxylation is 2. The molecule has 3 rings (SSSR count). The van der Waals surface area contributed by atoms with Crippen LogP contribution in [-0.4, -0.2) is 21.5 Å². The van der Waals surface area contributed by atoms with E-state index in [4.69, 9.17) is 0 Å². The lowest BCUT2D eigenvalue weighted by Crippen LogP contribution is -2.40. The summed E-state index contributed by atoms with van der Waals surface area (Å²) in [5.41, 5.74) is 2.13. The first kappa shape index (κ1) is 15.5. The molecule has 0 aliphatic heterocycles. The van der Waals surface area contributed by atoms with Crippen LogP contribution >= 0.6 is 0 Å². The summed E-state index contributed by atoms with van der Waals surface area (Å²) in [6, 6.07) is 3.56. The van der Waals surface area contributed by atoms with Gasteiger partial charge in [-0.25, -0.2) is 9.78 Å². The van der Waals surface area contributed by atoms with Crippen LogP contribution in [0.4, 0.5) is 10.5 Å². The van der Waals surface area contributed by atoms with Gasteiger partial charge in [0.05, 0.1) is 5.69 Å². The van der Waals surface area contributed by atoms with Crippen molar-refractivity contribution in [2.75, 3.05) is 5.32 Å². The van der Waals surface area contributed by atoms with E-state index in [0.717, 1.165) is 31.2 Å². The van der Waals surface area contributed by atoms with E-state index >= 15 is 0 Å². The molecule has 23 heavy (non-hydrogen) atoms. The standard InChI is InChI=1S/C17H22N4O2/c1-11-8-9-21-14(10-11)18-12(2)15(16(21)22)20-17(23)19-13-6-4-3-5-7-13/h8-10,13H,3-7H2,1-2H3,(H2,19,20,23). The molecule has 2 aromatic rings. The Kier molecular flexibility index (Phi) is 4.32. The van der Waals surface area contributed by atoms with Crippen molar-refractivity contribution in [2.45, 2.75) is 52.0 Å². The lowest BCUT2D eigenvalue weighted by Gasteiger charge is -2.23. The number of nitrogens with one attached hydrogen (secondary N) is 2. The minimum absolute atomic E-state index is 0.197. The van der Waals surface area contributed by atoms with Crippen LogP contribution in [0.3, 0.4) is 0 Å². The molecule has 1 aliphatic carbocycles. The van der Waals surface area contributed by atoms with Gasteiger partial charge in [-0.05, 0) is 44.4 Å². The summed E-state index contributed by atoms with van der Waals surface area (Å²) in [6.07, 6.45) is 7.20. The highest BCUT2D eigenvalue weighted by Crippen LogP contribution is 2.17. The quantitative estimate of drug-likeness (QED) is 0.895. The van der Waals surface area contributed by atoms with E-state index in [-0.39, 0.29) is 23.3 Å². The maximum atomic E-state index is 12.6. The van der Waals surface area contributed by atoms with E-state index in [9.17, 15) is 9.59 Å². The number of urea groups is 1. The molecule has 6 heteroatoms. The van der Waals surface area contributed by atoms with Gasteiger partial charge in [0, 0.05) is 12.2 Å². The summed E-state index contributed by atoms with van der Waals surface area (Å²) >= 11 is 0. The maximum absolute atomic E-state index is 12.6. The molecule has 1 fully saturated rings. The van der Waals surface area contributed by atoms with Crippen molar-refractivity contribution in [3.05, 3.63) is 39.9 Å². The Bertz CT molecular complexity index is 791. The van der Waals surface area contributed by atoms with E-state index in [2.05, 4.69) is 15.6 Å². The molecule has 1 saturated carbocycles. The molecular formula is C17H22N4O2. The molecule has 2 amide bonds. The smallest absolute Gasteiger partial charge is 0.319 e. The molecule has 0 spiro atoms. The molecule has 0 aromatic carbocycles. The first-order valence-corrected chi connectivity index (χ1v) is 8.12. The van der Waals surface area contributed by atoms with Crippen molar-refractivity contribution in [1.82, 2.24) is 14.7 Å². The number of nitrogens with zero attached hydrogens (tertiary/aromatic N) is 2. The molecule has 1 aliphatic rings. The third kappa shape index (κ3) is 3.36. The fraction of sp³-hybridized carbons (Fsp3) is 0.471. The minimum atomic E-state index is -0.328. The van der Waals surface area contributed by atoms with E-state index in [1.165, 1.54) is 10.8 Å². The summed E-state index contributed by atoms with van der Waals surface area (Å²) in [6.45, 7) is 3.69. The number of amides is 2. The van der Waals surface area contributed by atoms with Crippen LogP contribution < -0.4 is 16.2 Å². The third-order valence-electron chi connectivity index (χ3n) is 4.35. The zero-order chi connectivity index (χ0) is 16.4. The molecule has 122 valence electrons. The monoisotopic (exact) mass is 314 g/mol. The Morgan fingerprint density at radius 2 is 2.00 bits per heavy atom. The number of hydrogen-bond acceptors (Lipinski definition) is 3. The largest absolute Gasteiger partial charge is 0.335 e. The second-order valence-electron chi connectivity index (χ2n) is 6.24. The van der Waals surface area contributed by atoms with Gasteiger partial charge >= 0.3 is 6.03 Å². The summed E-state index contributed by atoms with van der Waals surface area (Å²) < 4.78 is 1.45. The highest BCUT2D eigenvalue weighted by Gasteiger charge is 2.18. The number of fused-ring (bicyclic) bond motifs is 1. The van der Waals surface area contributed by atoms with Gasteiger partial charge in [-0.2, -0.15) is 0 Å². The molecule has 0 radical (unpaired) electrons. The van der Waals surface area contributed by atoms with Crippen molar-refractivity contribution in [3.8, 4) is 0 Å². The molecule has 0 atom stereocenters. The Labute approximate surface area is 134 Å². The van der Waals surface area contributed by atoms with Crippen molar-refractivity contribution < 1.29 is 4.79 Å². The van der Waals surface area contributed by atoms with Gasteiger partial charge in [-0.1, -0.05) is 19.3 Å². The second-order valence-corrected chi connectivity index (χ2v) is 6.24. The Morgan fingerprint density at radius 3 is 2.74 bits per heavy atom. The first-order valence-electron chi connectivity index (χ1n) is 8.12. The molecule has 0 bridgehead atoms. The first-order chi connectivity index (χ1) is 11.0. The van der Waals surface area contributed by atoms with Crippen LogP contribution in [0, 0.1) is 13.8 Å². The molecule has 6 nitrogen and oxygen atoms in total. The number of pyridine rings is 1. The van der Waals surface area contributed by atoms with Gasteiger partial charge in [0.1, 0.15) is 11.3 Å². The van der Waals surface area contributed by atoms with Crippen molar-refractivity contribution >= 4 is 17.4 Å². The number of rotatable bonds is 2. The lowest BCUT2D eigenvalue weighted by molar-refractivity contribution is 0.244. The van der Waals surface area contributed by atoms with E-state index in [1.54, 1.807) is 13.1 Å². The summed E-state index contributed by atoms with van der Waals surface area (Å²) in [4.78, 5) is 29.2. The highest BCUT2D eigenvalue weighted by atomic mass is 16.2. The fourth-order valence-electron chi connectivity index (χ4n) is 3.08. The summed E-state index contributed by atoms with van der Waals surface area (Å²) in [5.74, 6) is 0. The van der Waals surface area contributed by atoms with Gasteiger partial charge in [-0.3, -0.25) is 9.20 Å². The van der Waals surface area contributed by atoms with Gasteiger partial charge in [-0.15, -0.1) is 0 Å². The van der Waals surface area contributed by atoms with Gasteiger partial charge in [0.2, 0.25) is 0 Å². The van der Waals surface area contributed by atoms with E-state index in [1.807, 2.05) is 19.1 Å². The minimum Gasteiger partial charge on any atom is -0.335 e. The van der Waals surface area contributed by atoms with Crippen molar-refractivity contribution in [2.24, 2.45) is 0 Å². The molecule has 2 heterocycles. The van der Waals surface area contributed by atoms with Crippen LogP contribution in [0.2, 0.25) is 0 Å². The molecule has 2 N–H and O–H groups in total. The maximum Gasteiger partial charge on any atom is 0.319 e. The molecular weight excluding hydrogens is 292 g/mol. The fourth-order valence-corrected chi connectivity index (χ4v) is 3.08. The van der Waals surface area contributed by atoms with Crippen LogP contribution in [-0.2, 0) is 0 Å². The summed E-state index contributed by atoms with van der Waals surface area (Å²) in [5, 5.41) is 5.64.